The predicted molar refractivity (Wildman–Crippen MR) is 74.6 cm³/mol. The molecule has 0 spiro atoms. The molecular formula is C17H21NO2. The molecular weight excluding hydrogens is 250 g/mol. The molecule has 3 nitrogen and oxygen atoms in total. The summed E-state index contributed by atoms with van der Waals surface area (Å²) in [4.78, 5) is 16.7. The first-order chi connectivity index (χ1) is 9.79. The number of nitrogens with zero attached hydrogens (tertiary/aromatic N) is 1. The third kappa shape index (κ3) is 2.13. The number of aromatic nitrogens is 1. The smallest absolute Gasteiger partial charge is 0.309 e. The first kappa shape index (κ1) is 12.4. The maximum absolute atomic E-state index is 12.5. The third-order valence-corrected chi connectivity index (χ3v) is 5.59. The van der Waals surface area contributed by atoms with Crippen molar-refractivity contribution in [1.82, 2.24) is 4.98 Å². The SMILES string of the molecule is O=C(OCc1ccccn1)C1C2CC3CC(C2)CC1C3. The Morgan fingerprint density at radius 1 is 1.10 bits per heavy atom. The Morgan fingerprint density at radius 3 is 2.40 bits per heavy atom. The second-order valence-electron chi connectivity index (χ2n) is 6.89. The fourth-order valence-electron chi connectivity index (χ4n) is 5.03. The predicted octanol–water partition coefficient (Wildman–Crippen LogP) is 3.20. The van der Waals surface area contributed by atoms with Crippen LogP contribution in [0.25, 0.3) is 0 Å². The fourth-order valence-corrected chi connectivity index (χ4v) is 5.03. The van der Waals surface area contributed by atoms with Crippen LogP contribution in [0.2, 0.25) is 0 Å². The van der Waals surface area contributed by atoms with Crippen molar-refractivity contribution in [3.05, 3.63) is 30.1 Å². The molecule has 0 aromatic carbocycles. The van der Waals surface area contributed by atoms with Crippen LogP contribution in [0, 0.1) is 29.6 Å². The lowest BCUT2D eigenvalue weighted by Crippen LogP contribution is -2.48. The number of ether oxygens (including phenoxy) is 1. The molecule has 1 aromatic heterocycles. The van der Waals surface area contributed by atoms with Crippen molar-refractivity contribution in [3.63, 3.8) is 0 Å². The van der Waals surface area contributed by atoms with Gasteiger partial charge in [-0.3, -0.25) is 9.78 Å². The van der Waals surface area contributed by atoms with Crippen LogP contribution in [0.1, 0.15) is 37.8 Å². The molecule has 1 aromatic rings. The zero-order chi connectivity index (χ0) is 13.5. The second-order valence-corrected chi connectivity index (χ2v) is 6.89. The summed E-state index contributed by atoms with van der Waals surface area (Å²) >= 11 is 0. The van der Waals surface area contributed by atoms with Crippen LogP contribution < -0.4 is 0 Å². The summed E-state index contributed by atoms with van der Waals surface area (Å²) in [7, 11) is 0. The van der Waals surface area contributed by atoms with Crippen LogP contribution in [0.3, 0.4) is 0 Å². The molecule has 0 saturated heterocycles. The molecule has 0 aliphatic heterocycles. The van der Waals surface area contributed by atoms with E-state index in [9.17, 15) is 4.79 Å². The van der Waals surface area contributed by atoms with Crippen molar-refractivity contribution in [2.24, 2.45) is 29.6 Å². The van der Waals surface area contributed by atoms with Crippen molar-refractivity contribution in [1.29, 1.82) is 0 Å². The Morgan fingerprint density at radius 2 is 1.80 bits per heavy atom. The normalized spacial score (nSPS) is 37.9. The van der Waals surface area contributed by atoms with E-state index in [1.54, 1.807) is 6.20 Å². The van der Waals surface area contributed by atoms with Gasteiger partial charge < -0.3 is 4.74 Å². The number of pyridine rings is 1. The van der Waals surface area contributed by atoms with Gasteiger partial charge in [-0.05, 0) is 67.9 Å². The zero-order valence-electron chi connectivity index (χ0n) is 11.7. The lowest BCUT2D eigenvalue weighted by atomic mass is 9.52. The van der Waals surface area contributed by atoms with E-state index in [2.05, 4.69) is 4.98 Å². The molecule has 4 saturated carbocycles. The molecule has 1 heterocycles. The highest BCUT2D eigenvalue weighted by molar-refractivity contribution is 5.73. The number of hydrogen-bond donors (Lipinski definition) is 0. The van der Waals surface area contributed by atoms with Gasteiger partial charge in [0.05, 0.1) is 11.6 Å². The highest BCUT2D eigenvalue weighted by atomic mass is 16.5. The minimum atomic E-state index is 0.0319. The molecule has 4 fully saturated rings. The number of carbonyl (C=O) groups excluding carboxylic acids is 1. The molecule has 4 aliphatic rings. The van der Waals surface area contributed by atoms with Crippen LogP contribution in [0.4, 0.5) is 0 Å². The van der Waals surface area contributed by atoms with E-state index in [0.29, 0.717) is 18.4 Å². The zero-order valence-corrected chi connectivity index (χ0v) is 11.7. The summed E-state index contributed by atoms with van der Waals surface area (Å²) in [5.41, 5.74) is 0.838. The molecule has 0 radical (unpaired) electrons. The quantitative estimate of drug-likeness (QED) is 0.792. The topological polar surface area (TPSA) is 39.2 Å². The van der Waals surface area contributed by atoms with Crippen molar-refractivity contribution < 1.29 is 9.53 Å². The summed E-state index contributed by atoms with van der Waals surface area (Å²) in [5, 5.41) is 0. The standard InChI is InChI=1S/C17H21NO2/c19-17(20-10-15-3-1-2-4-18-15)16-13-6-11-5-12(8-13)9-14(16)7-11/h1-4,11-14,16H,5-10H2. The molecule has 3 heteroatoms. The van der Waals surface area contributed by atoms with E-state index in [1.807, 2.05) is 18.2 Å². The average Bonchev–Trinajstić information content (AvgIpc) is 2.45. The van der Waals surface area contributed by atoms with Gasteiger partial charge in [-0.15, -0.1) is 0 Å². The monoisotopic (exact) mass is 271 g/mol. The summed E-state index contributed by atoms with van der Waals surface area (Å²) in [5.74, 6) is 3.20. The van der Waals surface area contributed by atoms with Crippen LogP contribution in [-0.4, -0.2) is 11.0 Å². The molecule has 4 bridgehead atoms. The number of esters is 1. The van der Waals surface area contributed by atoms with E-state index < -0.39 is 0 Å². The van der Waals surface area contributed by atoms with Gasteiger partial charge in [0.15, 0.2) is 0 Å². The van der Waals surface area contributed by atoms with Gasteiger partial charge >= 0.3 is 5.97 Å². The number of carbonyl (C=O) groups is 1. The molecule has 106 valence electrons. The summed E-state index contributed by atoms with van der Waals surface area (Å²) in [6, 6.07) is 5.71. The first-order valence-electron chi connectivity index (χ1n) is 7.86. The average molecular weight is 271 g/mol. The highest BCUT2D eigenvalue weighted by Crippen LogP contribution is 2.56. The maximum atomic E-state index is 12.5. The van der Waals surface area contributed by atoms with Crippen LogP contribution >= 0.6 is 0 Å². The minimum absolute atomic E-state index is 0.0319. The van der Waals surface area contributed by atoms with Crippen LogP contribution in [-0.2, 0) is 16.1 Å². The number of hydrogen-bond acceptors (Lipinski definition) is 3. The van der Waals surface area contributed by atoms with E-state index in [-0.39, 0.29) is 11.9 Å². The summed E-state index contributed by atoms with van der Waals surface area (Å²) in [6.07, 6.45) is 8.20. The van der Waals surface area contributed by atoms with E-state index >= 15 is 0 Å². The summed E-state index contributed by atoms with van der Waals surface area (Å²) < 4.78 is 5.55. The second kappa shape index (κ2) is 4.87. The van der Waals surface area contributed by atoms with E-state index in [4.69, 9.17) is 4.74 Å². The third-order valence-electron chi connectivity index (χ3n) is 5.59. The maximum Gasteiger partial charge on any atom is 0.309 e. The molecule has 0 amide bonds. The lowest BCUT2D eigenvalue weighted by Gasteiger charge is -2.53. The van der Waals surface area contributed by atoms with Crippen molar-refractivity contribution in [2.75, 3.05) is 0 Å². The van der Waals surface area contributed by atoms with Gasteiger partial charge in [0.2, 0.25) is 0 Å². The van der Waals surface area contributed by atoms with Gasteiger partial charge in [0.25, 0.3) is 0 Å². The van der Waals surface area contributed by atoms with Gasteiger partial charge in [0, 0.05) is 6.20 Å². The van der Waals surface area contributed by atoms with Crippen molar-refractivity contribution in [2.45, 2.75) is 38.7 Å². The van der Waals surface area contributed by atoms with Gasteiger partial charge in [-0.2, -0.15) is 0 Å². The Hall–Kier alpha value is -1.38. The first-order valence-corrected chi connectivity index (χ1v) is 7.86. The Balaban J connectivity index is 1.41. The fraction of sp³-hybridized carbons (Fsp3) is 0.647. The molecule has 0 N–H and O–H groups in total. The largest absolute Gasteiger partial charge is 0.459 e. The van der Waals surface area contributed by atoms with Gasteiger partial charge in [0.1, 0.15) is 6.61 Å². The van der Waals surface area contributed by atoms with Crippen LogP contribution in [0.5, 0.6) is 0 Å². The molecule has 0 unspecified atom stereocenters. The number of rotatable bonds is 3. The summed E-state index contributed by atoms with van der Waals surface area (Å²) in [6.45, 7) is 0.322. The van der Waals surface area contributed by atoms with Crippen LogP contribution in [0.15, 0.2) is 24.4 Å². The Labute approximate surface area is 119 Å². The molecule has 4 aliphatic carbocycles. The Bertz CT molecular complexity index is 471. The van der Waals surface area contributed by atoms with Gasteiger partial charge in [-0.25, -0.2) is 0 Å². The highest BCUT2D eigenvalue weighted by Gasteiger charge is 2.51. The van der Waals surface area contributed by atoms with Crippen molar-refractivity contribution in [3.8, 4) is 0 Å². The lowest BCUT2D eigenvalue weighted by molar-refractivity contribution is -0.163. The molecule has 5 rings (SSSR count). The molecule has 20 heavy (non-hydrogen) atoms. The molecule has 0 atom stereocenters. The van der Waals surface area contributed by atoms with Crippen molar-refractivity contribution >= 4 is 5.97 Å². The van der Waals surface area contributed by atoms with Gasteiger partial charge in [-0.1, -0.05) is 6.07 Å². The van der Waals surface area contributed by atoms with E-state index in [1.165, 1.54) is 32.1 Å². The minimum Gasteiger partial charge on any atom is -0.459 e. The van der Waals surface area contributed by atoms with E-state index in [0.717, 1.165) is 17.5 Å². The Kier molecular flexibility index (Phi) is 3.01.